The monoisotopic (exact) mass is 351 g/mol. The Bertz CT molecular complexity index is 824. The van der Waals surface area contributed by atoms with Crippen molar-refractivity contribution in [3.8, 4) is 0 Å². The molecule has 138 valence electrons. The minimum Gasteiger partial charge on any atom is -0.501 e. The van der Waals surface area contributed by atoms with Crippen LogP contribution in [0.2, 0.25) is 0 Å². The lowest BCUT2D eigenvalue weighted by Gasteiger charge is -2.15. The van der Waals surface area contributed by atoms with E-state index in [-0.39, 0.29) is 5.82 Å². The van der Waals surface area contributed by atoms with Gasteiger partial charge in [-0.15, -0.1) is 0 Å². The SMILES string of the molecule is C=C(N)N=CC(=C\C)/C(=C/C)c1ncc(/C(C(=C)C)=C(\C)OC)cc1C. The van der Waals surface area contributed by atoms with Gasteiger partial charge in [-0.3, -0.25) is 4.98 Å². The summed E-state index contributed by atoms with van der Waals surface area (Å²) < 4.78 is 5.41. The fraction of sp³-hybridized carbons (Fsp3) is 0.273. The summed E-state index contributed by atoms with van der Waals surface area (Å²) in [7, 11) is 1.66. The molecule has 0 amide bonds. The second-order valence-corrected chi connectivity index (χ2v) is 6.00. The summed E-state index contributed by atoms with van der Waals surface area (Å²) in [5.74, 6) is 1.09. The molecule has 0 fully saturated rings. The molecule has 2 N–H and O–H groups in total. The highest BCUT2D eigenvalue weighted by Crippen LogP contribution is 2.29. The molecule has 0 aliphatic rings. The van der Waals surface area contributed by atoms with E-state index in [2.05, 4.69) is 24.2 Å². The summed E-state index contributed by atoms with van der Waals surface area (Å²) in [5, 5.41) is 0. The van der Waals surface area contributed by atoms with Crippen LogP contribution in [0.25, 0.3) is 11.1 Å². The highest BCUT2D eigenvalue weighted by Gasteiger charge is 2.14. The van der Waals surface area contributed by atoms with Crippen LogP contribution in [0, 0.1) is 6.92 Å². The van der Waals surface area contributed by atoms with Crippen molar-refractivity contribution in [3.63, 3.8) is 0 Å². The molecule has 0 radical (unpaired) electrons. The van der Waals surface area contributed by atoms with Crippen LogP contribution in [0.4, 0.5) is 0 Å². The van der Waals surface area contributed by atoms with E-state index in [1.165, 1.54) is 0 Å². The number of nitrogens with zero attached hydrogens (tertiary/aromatic N) is 2. The third-order valence-electron chi connectivity index (χ3n) is 3.99. The van der Waals surface area contributed by atoms with Gasteiger partial charge in [0.25, 0.3) is 0 Å². The van der Waals surface area contributed by atoms with Crippen molar-refractivity contribution in [3.05, 3.63) is 77.1 Å². The first-order chi connectivity index (χ1) is 12.3. The van der Waals surface area contributed by atoms with E-state index in [0.717, 1.165) is 44.9 Å². The standard InChI is InChI=1S/C22H29N3O/c1-9-18(12-24-17(7)23)20(10-2)22-15(5)11-19(13-25-22)21(14(3)4)16(6)26-8/h9-13H,3,7,23H2,1-2,4-6,8H3/b18-9+,20-10-,21-16+,24-12?. The zero-order valence-electron chi connectivity index (χ0n) is 16.7. The predicted molar refractivity (Wildman–Crippen MR) is 113 cm³/mol. The van der Waals surface area contributed by atoms with Crippen LogP contribution in [0.5, 0.6) is 0 Å². The van der Waals surface area contributed by atoms with Gasteiger partial charge in [0.2, 0.25) is 0 Å². The molecule has 1 rings (SSSR count). The first kappa shape index (κ1) is 21.2. The number of rotatable bonds is 7. The van der Waals surface area contributed by atoms with Crippen LogP contribution < -0.4 is 5.73 Å². The molecule has 0 unspecified atom stereocenters. The van der Waals surface area contributed by atoms with Crippen LogP contribution >= 0.6 is 0 Å². The first-order valence-electron chi connectivity index (χ1n) is 8.46. The Morgan fingerprint density at radius 1 is 1.23 bits per heavy atom. The third-order valence-corrected chi connectivity index (χ3v) is 3.99. The zero-order valence-corrected chi connectivity index (χ0v) is 16.7. The Kier molecular flexibility index (Phi) is 7.78. The van der Waals surface area contributed by atoms with E-state index in [0.29, 0.717) is 0 Å². The normalized spacial score (nSPS) is 13.6. The van der Waals surface area contributed by atoms with Crippen molar-refractivity contribution in [1.29, 1.82) is 0 Å². The van der Waals surface area contributed by atoms with Crippen LogP contribution in [0.3, 0.4) is 0 Å². The van der Waals surface area contributed by atoms with Gasteiger partial charge in [-0.25, -0.2) is 4.99 Å². The summed E-state index contributed by atoms with van der Waals surface area (Å²) in [4.78, 5) is 8.82. The molecule has 0 aromatic carbocycles. The number of aryl methyl sites for hydroxylation is 1. The molecule has 0 saturated heterocycles. The second kappa shape index (κ2) is 9.56. The molecule has 26 heavy (non-hydrogen) atoms. The van der Waals surface area contributed by atoms with Crippen LogP contribution in [-0.2, 0) is 4.74 Å². The average molecular weight is 351 g/mol. The molecule has 0 bridgehead atoms. The molecule has 1 aromatic rings. The van der Waals surface area contributed by atoms with Gasteiger partial charge >= 0.3 is 0 Å². The van der Waals surface area contributed by atoms with Crippen molar-refractivity contribution in [1.82, 2.24) is 4.98 Å². The predicted octanol–water partition coefficient (Wildman–Crippen LogP) is 5.19. The second-order valence-electron chi connectivity index (χ2n) is 6.00. The van der Waals surface area contributed by atoms with Gasteiger partial charge in [0.05, 0.1) is 12.8 Å². The fourth-order valence-electron chi connectivity index (χ4n) is 2.74. The summed E-state index contributed by atoms with van der Waals surface area (Å²) >= 11 is 0. The number of pyridine rings is 1. The van der Waals surface area contributed by atoms with E-state index in [1.807, 2.05) is 53.0 Å². The van der Waals surface area contributed by atoms with Gasteiger partial charge in [0, 0.05) is 29.1 Å². The Morgan fingerprint density at radius 2 is 1.88 bits per heavy atom. The van der Waals surface area contributed by atoms with Crippen LogP contribution in [-0.4, -0.2) is 18.3 Å². The molecule has 1 heterocycles. The van der Waals surface area contributed by atoms with Crippen molar-refractivity contribution in [2.45, 2.75) is 34.6 Å². The maximum Gasteiger partial charge on any atom is 0.116 e. The Hall–Kier alpha value is -2.88. The first-order valence-corrected chi connectivity index (χ1v) is 8.46. The molecule has 0 saturated carbocycles. The molecular weight excluding hydrogens is 322 g/mol. The summed E-state index contributed by atoms with van der Waals surface area (Å²) in [5.41, 5.74) is 12.3. The topological polar surface area (TPSA) is 60.5 Å². The molecule has 4 nitrogen and oxygen atoms in total. The molecule has 0 spiro atoms. The maximum absolute atomic E-state index is 5.55. The fourth-order valence-corrected chi connectivity index (χ4v) is 2.74. The zero-order chi connectivity index (χ0) is 19.9. The highest BCUT2D eigenvalue weighted by molar-refractivity contribution is 6.01. The number of nitrogens with two attached hydrogens (primary N) is 1. The summed E-state index contributed by atoms with van der Waals surface area (Å²) in [6.07, 6.45) is 7.56. The minimum absolute atomic E-state index is 0.270. The lowest BCUT2D eigenvalue weighted by molar-refractivity contribution is 0.296. The summed E-state index contributed by atoms with van der Waals surface area (Å²) in [6.45, 7) is 17.5. The Balaban J connectivity index is 3.45. The number of aliphatic imine (C=N–C) groups is 1. The number of aromatic nitrogens is 1. The third kappa shape index (κ3) is 5.06. The van der Waals surface area contributed by atoms with E-state index in [9.17, 15) is 0 Å². The smallest absolute Gasteiger partial charge is 0.116 e. The molecule has 4 heteroatoms. The van der Waals surface area contributed by atoms with Crippen molar-refractivity contribution in [2.24, 2.45) is 10.7 Å². The van der Waals surface area contributed by atoms with Crippen molar-refractivity contribution in [2.75, 3.05) is 7.11 Å². The van der Waals surface area contributed by atoms with Crippen LogP contribution in [0.1, 0.15) is 44.5 Å². The largest absolute Gasteiger partial charge is 0.501 e. The molecule has 1 aromatic heterocycles. The lowest BCUT2D eigenvalue weighted by Crippen LogP contribution is -2.02. The van der Waals surface area contributed by atoms with E-state index >= 15 is 0 Å². The van der Waals surface area contributed by atoms with Gasteiger partial charge in [0.15, 0.2) is 0 Å². The molecule has 0 aliphatic heterocycles. The van der Waals surface area contributed by atoms with Gasteiger partial charge in [0.1, 0.15) is 11.6 Å². The molecular formula is C22H29N3O. The van der Waals surface area contributed by atoms with Gasteiger partial charge in [-0.05, 0) is 57.4 Å². The molecule has 0 aliphatic carbocycles. The highest BCUT2D eigenvalue weighted by atomic mass is 16.5. The van der Waals surface area contributed by atoms with E-state index < -0.39 is 0 Å². The van der Waals surface area contributed by atoms with Gasteiger partial charge < -0.3 is 10.5 Å². The lowest BCUT2D eigenvalue weighted by atomic mass is 9.95. The van der Waals surface area contributed by atoms with Crippen LogP contribution in [0.15, 0.2) is 65.3 Å². The number of methoxy groups -OCH3 is 1. The molecule has 0 atom stereocenters. The van der Waals surface area contributed by atoms with Crippen molar-refractivity contribution >= 4 is 17.4 Å². The van der Waals surface area contributed by atoms with E-state index in [1.54, 1.807) is 13.3 Å². The van der Waals surface area contributed by atoms with Gasteiger partial charge in [-0.1, -0.05) is 25.3 Å². The average Bonchev–Trinajstić information content (AvgIpc) is 2.59. The Labute approximate surface area is 157 Å². The van der Waals surface area contributed by atoms with Crippen molar-refractivity contribution < 1.29 is 4.74 Å². The maximum atomic E-state index is 5.55. The summed E-state index contributed by atoms with van der Waals surface area (Å²) in [6, 6.07) is 2.10. The quantitative estimate of drug-likeness (QED) is 0.417. The number of ether oxygens (including phenoxy) is 1. The Morgan fingerprint density at radius 3 is 2.31 bits per heavy atom. The number of hydrogen-bond acceptors (Lipinski definition) is 4. The minimum atomic E-state index is 0.270. The number of allylic oxidation sites excluding steroid dienone is 7. The van der Waals surface area contributed by atoms with Gasteiger partial charge in [-0.2, -0.15) is 0 Å². The number of hydrogen-bond donors (Lipinski definition) is 1. The van der Waals surface area contributed by atoms with E-state index in [4.69, 9.17) is 15.5 Å².